The van der Waals surface area contributed by atoms with E-state index < -0.39 is 0 Å². The number of piperidine rings is 1. The highest BCUT2D eigenvalue weighted by atomic mass is 16.5. The Morgan fingerprint density at radius 2 is 1.94 bits per heavy atom. The summed E-state index contributed by atoms with van der Waals surface area (Å²) in [7, 11) is 0. The van der Waals surface area contributed by atoms with E-state index in [0.29, 0.717) is 6.61 Å². The van der Waals surface area contributed by atoms with Gasteiger partial charge < -0.3 is 10.1 Å². The standard InChI is InChI=1S/C14H19NO2/c16-14(13-6-9-15-10-7-13)17-11-8-12-4-2-1-3-5-12/h1-5,13,15H,6-11H2. The molecule has 0 saturated carbocycles. The van der Waals surface area contributed by atoms with E-state index in [4.69, 9.17) is 4.74 Å². The van der Waals surface area contributed by atoms with E-state index in [0.717, 1.165) is 32.4 Å². The maximum atomic E-state index is 11.7. The van der Waals surface area contributed by atoms with Crippen LogP contribution in [0.2, 0.25) is 0 Å². The molecule has 1 aromatic rings. The molecule has 1 aliphatic heterocycles. The number of ether oxygens (including phenoxy) is 1. The van der Waals surface area contributed by atoms with Crippen LogP contribution in [0.25, 0.3) is 0 Å². The number of hydrogen-bond acceptors (Lipinski definition) is 3. The van der Waals surface area contributed by atoms with Gasteiger partial charge in [-0.25, -0.2) is 0 Å². The van der Waals surface area contributed by atoms with Crippen LogP contribution < -0.4 is 5.32 Å². The molecule has 0 atom stereocenters. The van der Waals surface area contributed by atoms with E-state index in [1.807, 2.05) is 18.2 Å². The molecule has 3 nitrogen and oxygen atoms in total. The molecule has 1 saturated heterocycles. The third kappa shape index (κ3) is 3.86. The number of carbonyl (C=O) groups is 1. The highest BCUT2D eigenvalue weighted by Gasteiger charge is 2.21. The van der Waals surface area contributed by atoms with Crippen molar-refractivity contribution in [1.29, 1.82) is 0 Å². The van der Waals surface area contributed by atoms with Crippen LogP contribution >= 0.6 is 0 Å². The molecule has 1 aromatic carbocycles. The van der Waals surface area contributed by atoms with Crippen molar-refractivity contribution < 1.29 is 9.53 Å². The Kier molecular flexibility index (Phi) is 4.56. The molecule has 0 spiro atoms. The quantitative estimate of drug-likeness (QED) is 0.805. The zero-order valence-electron chi connectivity index (χ0n) is 10.0. The first-order valence-corrected chi connectivity index (χ1v) is 6.27. The molecule has 0 aromatic heterocycles. The van der Waals surface area contributed by atoms with Crippen molar-refractivity contribution in [3.05, 3.63) is 35.9 Å². The van der Waals surface area contributed by atoms with Crippen molar-refractivity contribution in [2.75, 3.05) is 19.7 Å². The molecule has 92 valence electrons. The van der Waals surface area contributed by atoms with Gasteiger partial charge in [0.2, 0.25) is 0 Å². The van der Waals surface area contributed by atoms with Crippen molar-refractivity contribution in [3.8, 4) is 0 Å². The highest BCUT2D eigenvalue weighted by molar-refractivity contribution is 5.72. The molecule has 1 N–H and O–H groups in total. The van der Waals surface area contributed by atoms with Crippen molar-refractivity contribution in [2.45, 2.75) is 19.3 Å². The molecular weight excluding hydrogens is 214 g/mol. The van der Waals surface area contributed by atoms with Gasteiger partial charge in [-0.3, -0.25) is 4.79 Å². The molecule has 0 aliphatic carbocycles. The average Bonchev–Trinajstić information content (AvgIpc) is 2.41. The molecular formula is C14H19NO2. The first-order valence-electron chi connectivity index (χ1n) is 6.27. The van der Waals surface area contributed by atoms with Crippen molar-refractivity contribution >= 4 is 5.97 Å². The summed E-state index contributed by atoms with van der Waals surface area (Å²) in [6.45, 7) is 2.35. The van der Waals surface area contributed by atoms with E-state index in [1.54, 1.807) is 0 Å². The van der Waals surface area contributed by atoms with Crippen molar-refractivity contribution in [3.63, 3.8) is 0 Å². The van der Waals surface area contributed by atoms with E-state index >= 15 is 0 Å². The van der Waals surface area contributed by atoms with E-state index in [2.05, 4.69) is 17.4 Å². The molecule has 0 amide bonds. The smallest absolute Gasteiger partial charge is 0.309 e. The van der Waals surface area contributed by atoms with Gasteiger partial charge in [0.15, 0.2) is 0 Å². The molecule has 1 fully saturated rings. The van der Waals surface area contributed by atoms with Crippen LogP contribution in [0.15, 0.2) is 30.3 Å². The largest absolute Gasteiger partial charge is 0.465 e. The Morgan fingerprint density at radius 1 is 1.24 bits per heavy atom. The molecule has 0 radical (unpaired) electrons. The Morgan fingerprint density at radius 3 is 2.65 bits per heavy atom. The second-order valence-electron chi connectivity index (χ2n) is 4.43. The number of carbonyl (C=O) groups excluding carboxylic acids is 1. The minimum Gasteiger partial charge on any atom is -0.465 e. The molecule has 2 rings (SSSR count). The maximum absolute atomic E-state index is 11.7. The van der Waals surface area contributed by atoms with Crippen molar-refractivity contribution in [1.82, 2.24) is 5.32 Å². The number of nitrogens with one attached hydrogen (secondary N) is 1. The summed E-state index contributed by atoms with van der Waals surface area (Å²) in [6, 6.07) is 10.1. The minimum atomic E-state index is -0.0255. The fraction of sp³-hybridized carbons (Fsp3) is 0.500. The lowest BCUT2D eigenvalue weighted by atomic mass is 9.98. The second kappa shape index (κ2) is 6.40. The predicted molar refractivity (Wildman–Crippen MR) is 66.7 cm³/mol. The Bertz CT molecular complexity index is 344. The monoisotopic (exact) mass is 233 g/mol. The zero-order chi connectivity index (χ0) is 11.9. The zero-order valence-corrected chi connectivity index (χ0v) is 10.0. The van der Waals surface area contributed by atoms with Gasteiger partial charge >= 0.3 is 5.97 Å². The van der Waals surface area contributed by atoms with Crippen LogP contribution in [0.5, 0.6) is 0 Å². The lowest BCUT2D eigenvalue weighted by Crippen LogP contribution is -2.33. The molecule has 1 heterocycles. The van der Waals surface area contributed by atoms with Crippen molar-refractivity contribution in [2.24, 2.45) is 5.92 Å². The number of esters is 1. The molecule has 17 heavy (non-hydrogen) atoms. The molecule has 3 heteroatoms. The van der Waals surface area contributed by atoms with Gasteiger partial charge in [0.25, 0.3) is 0 Å². The van der Waals surface area contributed by atoms with Gasteiger partial charge in [-0.1, -0.05) is 30.3 Å². The van der Waals surface area contributed by atoms with Crippen LogP contribution in [0.4, 0.5) is 0 Å². The topological polar surface area (TPSA) is 38.3 Å². The van der Waals surface area contributed by atoms with Crippen LogP contribution in [0, 0.1) is 5.92 Å². The minimum absolute atomic E-state index is 0.0255. The van der Waals surface area contributed by atoms with Gasteiger partial charge in [0.05, 0.1) is 12.5 Å². The maximum Gasteiger partial charge on any atom is 0.309 e. The summed E-state index contributed by atoms with van der Waals surface area (Å²) in [6.07, 6.45) is 2.62. The highest BCUT2D eigenvalue weighted by Crippen LogP contribution is 2.13. The van der Waals surface area contributed by atoms with Crippen LogP contribution in [0.3, 0.4) is 0 Å². The van der Waals surface area contributed by atoms with Gasteiger partial charge in [0, 0.05) is 6.42 Å². The Labute approximate surface area is 102 Å². The van der Waals surface area contributed by atoms with Gasteiger partial charge in [-0.2, -0.15) is 0 Å². The summed E-state index contributed by atoms with van der Waals surface area (Å²) >= 11 is 0. The van der Waals surface area contributed by atoms with Gasteiger partial charge in [0.1, 0.15) is 0 Å². The summed E-state index contributed by atoms with van der Waals surface area (Å²) < 4.78 is 5.32. The summed E-state index contributed by atoms with van der Waals surface area (Å²) in [4.78, 5) is 11.7. The molecule has 0 unspecified atom stereocenters. The fourth-order valence-corrected chi connectivity index (χ4v) is 2.09. The third-order valence-electron chi connectivity index (χ3n) is 3.15. The van der Waals surface area contributed by atoms with Crippen LogP contribution in [-0.4, -0.2) is 25.7 Å². The fourth-order valence-electron chi connectivity index (χ4n) is 2.09. The Hall–Kier alpha value is -1.35. The molecule has 0 bridgehead atoms. The van der Waals surface area contributed by atoms with Crippen LogP contribution in [0.1, 0.15) is 18.4 Å². The number of benzene rings is 1. The first kappa shape index (κ1) is 12.1. The predicted octanol–water partition coefficient (Wildman–Crippen LogP) is 1.77. The summed E-state index contributed by atoms with van der Waals surface area (Å²) in [5, 5.41) is 3.24. The SMILES string of the molecule is O=C(OCCc1ccccc1)C1CCNCC1. The van der Waals surface area contributed by atoms with E-state index in [-0.39, 0.29) is 11.9 Å². The van der Waals surface area contributed by atoms with E-state index in [9.17, 15) is 4.79 Å². The average molecular weight is 233 g/mol. The van der Waals surface area contributed by atoms with Gasteiger partial charge in [-0.05, 0) is 31.5 Å². The second-order valence-corrected chi connectivity index (χ2v) is 4.43. The number of rotatable bonds is 4. The lowest BCUT2D eigenvalue weighted by molar-refractivity contribution is -0.149. The first-order chi connectivity index (χ1) is 8.36. The third-order valence-corrected chi connectivity index (χ3v) is 3.15. The normalized spacial score (nSPS) is 16.7. The van der Waals surface area contributed by atoms with Crippen LogP contribution in [-0.2, 0) is 16.0 Å². The summed E-state index contributed by atoms with van der Waals surface area (Å²) in [5.74, 6) is 0.0782. The van der Waals surface area contributed by atoms with E-state index in [1.165, 1.54) is 5.56 Å². The molecule has 1 aliphatic rings. The number of hydrogen-bond donors (Lipinski definition) is 1. The lowest BCUT2D eigenvalue weighted by Gasteiger charge is -2.20. The van der Waals surface area contributed by atoms with Gasteiger partial charge in [-0.15, -0.1) is 0 Å². The summed E-state index contributed by atoms with van der Waals surface area (Å²) in [5.41, 5.74) is 1.21. The Balaban J connectivity index is 1.69.